The van der Waals surface area contributed by atoms with E-state index in [1.165, 1.54) is 6.20 Å². The predicted octanol–water partition coefficient (Wildman–Crippen LogP) is 3.66. The van der Waals surface area contributed by atoms with E-state index in [0.717, 1.165) is 37.7 Å². The van der Waals surface area contributed by atoms with Crippen LogP contribution in [0.5, 0.6) is 0 Å². The highest BCUT2D eigenvalue weighted by Crippen LogP contribution is 2.31. The van der Waals surface area contributed by atoms with Crippen LogP contribution in [0.2, 0.25) is 0 Å². The molecule has 28 heavy (non-hydrogen) atoms. The van der Waals surface area contributed by atoms with E-state index in [0.29, 0.717) is 5.82 Å². The van der Waals surface area contributed by atoms with Crippen LogP contribution in [0.1, 0.15) is 43.1 Å². The van der Waals surface area contributed by atoms with Crippen LogP contribution in [0.25, 0.3) is 11.5 Å². The van der Waals surface area contributed by atoms with E-state index in [9.17, 15) is 13.2 Å². The van der Waals surface area contributed by atoms with E-state index in [2.05, 4.69) is 30.5 Å². The molecule has 0 amide bonds. The first-order valence-electron chi connectivity index (χ1n) is 8.98. The molecule has 7 nitrogen and oxygen atoms in total. The molecule has 146 valence electrons. The topological polar surface area (TPSA) is 81.4 Å². The predicted molar refractivity (Wildman–Crippen MR) is 95.3 cm³/mol. The van der Waals surface area contributed by atoms with E-state index in [4.69, 9.17) is 0 Å². The van der Waals surface area contributed by atoms with Crippen LogP contribution in [-0.2, 0) is 19.1 Å². The molecule has 0 saturated carbocycles. The first kappa shape index (κ1) is 18.3. The molecule has 3 aromatic heterocycles. The lowest BCUT2D eigenvalue weighted by Crippen LogP contribution is -2.19. The Hall–Kier alpha value is -3.04. The van der Waals surface area contributed by atoms with Crippen molar-refractivity contribution in [2.45, 2.75) is 44.9 Å². The molecule has 1 aliphatic heterocycles. The number of aromatic nitrogens is 6. The van der Waals surface area contributed by atoms with Gasteiger partial charge < -0.3 is 9.88 Å². The highest BCUT2D eigenvalue weighted by Gasteiger charge is 2.34. The molecule has 0 saturated heterocycles. The fourth-order valence-corrected chi connectivity index (χ4v) is 3.21. The van der Waals surface area contributed by atoms with Gasteiger partial charge in [0.1, 0.15) is 17.3 Å². The summed E-state index contributed by atoms with van der Waals surface area (Å²) in [5, 5.41) is 11.4. The second-order valence-electron chi connectivity index (χ2n) is 6.62. The standard InChI is InChI=1S/C18H18F3N7/c1-11(17-27-26-15-7-3-5-9-28(15)17)23-14-10-13(18(19,20)21)24-16(25-14)12-6-2-4-8-22-12/h2,4,6,8,10-11H,3,5,7,9H2,1H3,(H,23,24,25). The minimum atomic E-state index is -4.60. The average molecular weight is 389 g/mol. The lowest BCUT2D eigenvalue weighted by molar-refractivity contribution is -0.141. The van der Waals surface area contributed by atoms with E-state index < -0.39 is 11.9 Å². The Morgan fingerprint density at radius 2 is 2.00 bits per heavy atom. The molecule has 4 heterocycles. The molecule has 4 rings (SSSR count). The van der Waals surface area contributed by atoms with Crippen LogP contribution in [0.15, 0.2) is 30.5 Å². The normalized spacial score (nSPS) is 15.1. The smallest absolute Gasteiger partial charge is 0.360 e. The van der Waals surface area contributed by atoms with Gasteiger partial charge in [-0.05, 0) is 31.9 Å². The molecule has 0 spiro atoms. The van der Waals surface area contributed by atoms with Gasteiger partial charge in [0.25, 0.3) is 0 Å². The molecule has 0 radical (unpaired) electrons. The van der Waals surface area contributed by atoms with Crippen LogP contribution in [0.4, 0.5) is 19.0 Å². The number of hydrogen-bond acceptors (Lipinski definition) is 6. The molecule has 1 unspecified atom stereocenters. The molecule has 10 heteroatoms. The number of pyridine rings is 1. The number of nitrogens with zero attached hydrogens (tertiary/aromatic N) is 6. The Kier molecular flexibility index (Phi) is 4.70. The Balaban J connectivity index is 1.68. The second-order valence-corrected chi connectivity index (χ2v) is 6.62. The maximum Gasteiger partial charge on any atom is 0.433 e. The van der Waals surface area contributed by atoms with E-state index in [1.54, 1.807) is 18.2 Å². The Morgan fingerprint density at radius 1 is 1.14 bits per heavy atom. The number of aryl methyl sites for hydroxylation is 1. The number of anilines is 1. The maximum absolute atomic E-state index is 13.3. The summed E-state index contributed by atoms with van der Waals surface area (Å²) in [6.07, 6.45) is -0.166. The molecule has 1 atom stereocenters. The second kappa shape index (κ2) is 7.17. The van der Waals surface area contributed by atoms with Gasteiger partial charge in [-0.3, -0.25) is 4.98 Å². The van der Waals surface area contributed by atoms with E-state index in [1.807, 2.05) is 11.5 Å². The summed E-state index contributed by atoms with van der Waals surface area (Å²) >= 11 is 0. The molecule has 3 aromatic rings. The van der Waals surface area contributed by atoms with Crippen molar-refractivity contribution in [3.05, 3.63) is 47.8 Å². The number of alkyl halides is 3. The third kappa shape index (κ3) is 3.67. The van der Waals surface area contributed by atoms with Crippen molar-refractivity contribution < 1.29 is 13.2 Å². The van der Waals surface area contributed by atoms with Crippen molar-refractivity contribution in [3.8, 4) is 11.5 Å². The Bertz CT molecular complexity index is 969. The highest BCUT2D eigenvalue weighted by molar-refractivity contribution is 5.53. The van der Waals surface area contributed by atoms with Crippen LogP contribution < -0.4 is 5.32 Å². The Morgan fingerprint density at radius 3 is 2.75 bits per heavy atom. The highest BCUT2D eigenvalue weighted by atomic mass is 19.4. The van der Waals surface area contributed by atoms with Gasteiger partial charge in [-0.25, -0.2) is 9.97 Å². The minimum Gasteiger partial charge on any atom is -0.360 e. The molecular weight excluding hydrogens is 371 g/mol. The third-order valence-electron chi connectivity index (χ3n) is 4.55. The fraction of sp³-hybridized carbons (Fsp3) is 0.389. The van der Waals surface area contributed by atoms with Crippen molar-refractivity contribution in [2.24, 2.45) is 0 Å². The average Bonchev–Trinajstić information content (AvgIpc) is 3.12. The third-order valence-corrected chi connectivity index (χ3v) is 4.55. The molecule has 0 aliphatic carbocycles. The van der Waals surface area contributed by atoms with Gasteiger partial charge >= 0.3 is 6.18 Å². The molecular formula is C18H18F3N7. The summed E-state index contributed by atoms with van der Waals surface area (Å²) in [5.41, 5.74) is -0.759. The minimum absolute atomic E-state index is 0.0589. The first-order chi connectivity index (χ1) is 13.4. The summed E-state index contributed by atoms with van der Waals surface area (Å²) in [7, 11) is 0. The number of halogens is 3. The maximum atomic E-state index is 13.3. The summed E-state index contributed by atoms with van der Waals surface area (Å²) in [6.45, 7) is 2.63. The van der Waals surface area contributed by atoms with Gasteiger partial charge in [-0.2, -0.15) is 13.2 Å². The lowest BCUT2D eigenvalue weighted by atomic mass is 10.1. The van der Waals surface area contributed by atoms with Crippen LogP contribution in [-0.4, -0.2) is 29.7 Å². The number of nitrogens with one attached hydrogen (secondary N) is 1. The lowest BCUT2D eigenvalue weighted by Gasteiger charge is -2.19. The number of rotatable bonds is 4. The van der Waals surface area contributed by atoms with Gasteiger partial charge in [0.2, 0.25) is 0 Å². The molecule has 1 N–H and O–H groups in total. The van der Waals surface area contributed by atoms with Crippen molar-refractivity contribution in [1.82, 2.24) is 29.7 Å². The summed E-state index contributed by atoms with van der Waals surface area (Å²) in [4.78, 5) is 11.9. The van der Waals surface area contributed by atoms with Crippen molar-refractivity contribution in [3.63, 3.8) is 0 Å². The molecule has 0 bridgehead atoms. The summed E-state index contributed by atoms with van der Waals surface area (Å²) < 4.78 is 42.0. The summed E-state index contributed by atoms with van der Waals surface area (Å²) in [5.74, 6) is 1.56. The van der Waals surface area contributed by atoms with Gasteiger partial charge in [0.05, 0.1) is 6.04 Å². The molecule has 0 fully saturated rings. The number of hydrogen-bond donors (Lipinski definition) is 1. The largest absolute Gasteiger partial charge is 0.433 e. The molecule has 1 aliphatic rings. The van der Waals surface area contributed by atoms with Gasteiger partial charge in [0.15, 0.2) is 17.3 Å². The zero-order valence-corrected chi connectivity index (χ0v) is 15.1. The van der Waals surface area contributed by atoms with E-state index >= 15 is 0 Å². The van der Waals surface area contributed by atoms with Crippen LogP contribution >= 0.6 is 0 Å². The SMILES string of the molecule is CC(Nc1cc(C(F)(F)F)nc(-c2ccccn2)n1)c1nnc2n1CCCC2. The van der Waals surface area contributed by atoms with Gasteiger partial charge in [0, 0.05) is 25.2 Å². The first-order valence-corrected chi connectivity index (χ1v) is 8.98. The van der Waals surface area contributed by atoms with Crippen molar-refractivity contribution in [2.75, 3.05) is 5.32 Å². The fourth-order valence-electron chi connectivity index (χ4n) is 3.21. The van der Waals surface area contributed by atoms with Gasteiger partial charge in [-0.1, -0.05) is 6.07 Å². The van der Waals surface area contributed by atoms with Crippen LogP contribution in [0, 0.1) is 0 Å². The van der Waals surface area contributed by atoms with Crippen LogP contribution in [0.3, 0.4) is 0 Å². The van der Waals surface area contributed by atoms with Crippen molar-refractivity contribution in [1.29, 1.82) is 0 Å². The quantitative estimate of drug-likeness (QED) is 0.733. The Labute approximate surface area is 159 Å². The number of fused-ring (bicyclic) bond motifs is 1. The van der Waals surface area contributed by atoms with E-state index in [-0.39, 0.29) is 23.4 Å². The van der Waals surface area contributed by atoms with Crippen molar-refractivity contribution >= 4 is 5.82 Å². The zero-order valence-electron chi connectivity index (χ0n) is 15.1. The van der Waals surface area contributed by atoms with Gasteiger partial charge in [-0.15, -0.1) is 10.2 Å². The summed E-state index contributed by atoms with van der Waals surface area (Å²) in [6, 6.07) is 5.44. The molecule has 0 aromatic carbocycles. The zero-order chi connectivity index (χ0) is 19.7. The monoisotopic (exact) mass is 389 g/mol.